The fraction of sp³-hybridized carbons (Fsp3) is 0.917. The van der Waals surface area contributed by atoms with Gasteiger partial charge in [0.2, 0.25) is 0 Å². The van der Waals surface area contributed by atoms with Crippen LogP contribution < -0.4 is 0 Å². The van der Waals surface area contributed by atoms with Gasteiger partial charge in [-0.15, -0.1) is 0 Å². The fourth-order valence-corrected chi connectivity index (χ4v) is 1.53. The second-order valence-corrected chi connectivity index (χ2v) is 4.37. The number of ketones is 1. The van der Waals surface area contributed by atoms with Crippen LogP contribution >= 0.6 is 0 Å². The second-order valence-electron chi connectivity index (χ2n) is 4.37. The standard InChI is InChI=1S/C12H26N2O/c1-5-7-12(15)11-14(8-6-2)10-9-13(3)4/h5-11H2,1-4H3. The number of likely N-dealkylation sites (N-methyl/N-ethyl adjacent to an activating group) is 1. The van der Waals surface area contributed by atoms with Crippen molar-refractivity contribution in [2.24, 2.45) is 0 Å². The Morgan fingerprint density at radius 3 is 2.13 bits per heavy atom. The third-order valence-electron chi connectivity index (χ3n) is 2.33. The van der Waals surface area contributed by atoms with Crippen molar-refractivity contribution in [1.29, 1.82) is 0 Å². The number of rotatable bonds is 9. The average Bonchev–Trinajstić information content (AvgIpc) is 2.15. The minimum absolute atomic E-state index is 0.379. The molecule has 0 amide bonds. The van der Waals surface area contributed by atoms with Gasteiger partial charge in [0.05, 0.1) is 6.54 Å². The maximum atomic E-state index is 11.5. The first-order valence-corrected chi connectivity index (χ1v) is 5.98. The van der Waals surface area contributed by atoms with Crippen LogP contribution in [0, 0.1) is 0 Å². The molecule has 15 heavy (non-hydrogen) atoms. The van der Waals surface area contributed by atoms with Crippen LogP contribution in [0.1, 0.15) is 33.1 Å². The number of carbonyl (C=O) groups is 1. The van der Waals surface area contributed by atoms with Gasteiger partial charge >= 0.3 is 0 Å². The van der Waals surface area contributed by atoms with Crippen LogP contribution in [-0.2, 0) is 4.79 Å². The topological polar surface area (TPSA) is 23.6 Å². The Kier molecular flexibility index (Phi) is 8.62. The van der Waals surface area contributed by atoms with Crippen molar-refractivity contribution in [2.45, 2.75) is 33.1 Å². The molecule has 0 aromatic heterocycles. The summed E-state index contributed by atoms with van der Waals surface area (Å²) in [4.78, 5) is 15.9. The number of carbonyl (C=O) groups excluding carboxylic acids is 1. The van der Waals surface area contributed by atoms with E-state index in [9.17, 15) is 4.79 Å². The zero-order chi connectivity index (χ0) is 11.7. The lowest BCUT2D eigenvalue weighted by Crippen LogP contribution is -2.36. The molecular weight excluding hydrogens is 188 g/mol. The van der Waals surface area contributed by atoms with Gasteiger partial charge in [0, 0.05) is 19.5 Å². The van der Waals surface area contributed by atoms with E-state index in [0.717, 1.165) is 38.9 Å². The Morgan fingerprint density at radius 1 is 1.00 bits per heavy atom. The first-order chi connectivity index (χ1) is 7.10. The van der Waals surface area contributed by atoms with Gasteiger partial charge in [-0.25, -0.2) is 0 Å². The summed E-state index contributed by atoms with van der Waals surface area (Å²) in [6.45, 7) is 7.91. The molecule has 0 aliphatic heterocycles. The van der Waals surface area contributed by atoms with Crippen LogP contribution in [0.25, 0.3) is 0 Å². The Morgan fingerprint density at radius 2 is 1.67 bits per heavy atom. The highest BCUT2D eigenvalue weighted by molar-refractivity contribution is 5.80. The Hall–Kier alpha value is -0.410. The number of Topliss-reactive ketones (excluding diaryl/α,β-unsaturated/α-hetero) is 1. The third-order valence-corrected chi connectivity index (χ3v) is 2.33. The second kappa shape index (κ2) is 8.86. The largest absolute Gasteiger partial charge is 0.308 e. The maximum Gasteiger partial charge on any atom is 0.146 e. The lowest BCUT2D eigenvalue weighted by Gasteiger charge is -2.22. The van der Waals surface area contributed by atoms with E-state index in [1.807, 2.05) is 0 Å². The van der Waals surface area contributed by atoms with E-state index in [-0.39, 0.29) is 0 Å². The molecule has 3 nitrogen and oxygen atoms in total. The fourth-order valence-electron chi connectivity index (χ4n) is 1.53. The van der Waals surface area contributed by atoms with E-state index in [2.05, 4.69) is 37.7 Å². The summed E-state index contributed by atoms with van der Waals surface area (Å²) < 4.78 is 0. The highest BCUT2D eigenvalue weighted by Crippen LogP contribution is 1.96. The predicted octanol–water partition coefficient (Wildman–Crippen LogP) is 1.63. The maximum absolute atomic E-state index is 11.5. The SMILES string of the molecule is CCCC(=O)CN(CCC)CCN(C)C. The molecule has 0 N–H and O–H groups in total. The Labute approximate surface area is 94.4 Å². The van der Waals surface area contributed by atoms with Crippen LogP contribution in [0.5, 0.6) is 0 Å². The van der Waals surface area contributed by atoms with E-state index in [4.69, 9.17) is 0 Å². The molecule has 0 bridgehead atoms. The molecule has 0 aliphatic carbocycles. The highest BCUT2D eigenvalue weighted by Gasteiger charge is 2.09. The summed E-state index contributed by atoms with van der Waals surface area (Å²) in [6.07, 6.45) is 2.81. The number of hydrogen-bond donors (Lipinski definition) is 0. The molecule has 0 saturated heterocycles. The van der Waals surface area contributed by atoms with E-state index in [1.54, 1.807) is 0 Å². The normalized spacial score (nSPS) is 11.3. The molecule has 0 aliphatic rings. The molecule has 0 aromatic rings. The zero-order valence-corrected chi connectivity index (χ0v) is 10.8. The number of nitrogens with zero attached hydrogens (tertiary/aromatic N) is 2. The molecular formula is C12H26N2O. The molecule has 3 heteroatoms. The van der Waals surface area contributed by atoms with Crippen LogP contribution in [0.4, 0.5) is 0 Å². The molecule has 0 fully saturated rings. The molecule has 0 spiro atoms. The van der Waals surface area contributed by atoms with Gasteiger partial charge in [0.25, 0.3) is 0 Å². The predicted molar refractivity (Wildman–Crippen MR) is 65.2 cm³/mol. The summed E-state index contributed by atoms with van der Waals surface area (Å²) in [5, 5.41) is 0. The van der Waals surface area contributed by atoms with Crippen molar-refractivity contribution in [2.75, 3.05) is 40.3 Å². The van der Waals surface area contributed by atoms with Gasteiger partial charge in [-0.3, -0.25) is 9.69 Å². The van der Waals surface area contributed by atoms with Gasteiger partial charge in [0.15, 0.2) is 0 Å². The summed E-state index contributed by atoms with van der Waals surface area (Å²) in [7, 11) is 4.13. The summed E-state index contributed by atoms with van der Waals surface area (Å²) in [5.74, 6) is 0.379. The van der Waals surface area contributed by atoms with Gasteiger partial charge < -0.3 is 4.90 Å². The minimum atomic E-state index is 0.379. The molecule has 0 saturated carbocycles. The lowest BCUT2D eigenvalue weighted by molar-refractivity contribution is -0.120. The van der Waals surface area contributed by atoms with E-state index in [1.165, 1.54) is 0 Å². The monoisotopic (exact) mass is 214 g/mol. The quantitative estimate of drug-likeness (QED) is 0.583. The van der Waals surface area contributed by atoms with E-state index >= 15 is 0 Å². The Balaban J connectivity index is 3.86. The zero-order valence-electron chi connectivity index (χ0n) is 10.8. The van der Waals surface area contributed by atoms with Crippen molar-refractivity contribution in [1.82, 2.24) is 9.80 Å². The minimum Gasteiger partial charge on any atom is -0.308 e. The first kappa shape index (κ1) is 14.6. The molecule has 0 unspecified atom stereocenters. The van der Waals surface area contributed by atoms with Crippen molar-refractivity contribution < 1.29 is 4.79 Å². The van der Waals surface area contributed by atoms with Crippen LogP contribution in [0.3, 0.4) is 0 Å². The van der Waals surface area contributed by atoms with Crippen LogP contribution in [0.15, 0.2) is 0 Å². The summed E-state index contributed by atoms with van der Waals surface area (Å²) in [5.41, 5.74) is 0. The molecule has 90 valence electrons. The van der Waals surface area contributed by atoms with Gasteiger partial charge in [-0.05, 0) is 33.5 Å². The van der Waals surface area contributed by atoms with Gasteiger partial charge in [-0.2, -0.15) is 0 Å². The smallest absolute Gasteiger partial charge is 0.146 e. The third kappa shape index (κ3) is 8.58. The molecule has 0 radical (unpaired) electrons. The summed E-state index contributed by atoms with van der Waals surface area (Å²) in [6, 6.07) is 0. The Bertz CT molecular complexity index is 169. The molecule has 0 aromatic carbocycles. The van der Waals surface area contributed by atoms with E-state index in [0.29, 0.717) is 12.3 Å². The highest BCUT2D eigenvalue weighted by atomic mass is 16.1. The summed E-state index contributed by atoms with van der Waals surface area (Å²) >= 11 is 0. The van der Waals surface area contributed by atoms with Crippen molar-refractivity contribution in [3.05, 3.63) is 0 Å². The van der Waals surface area contributed by atoms with Crippen molar-refractivity contribution in [3.63, 3.8) is 0 Å². The molecule has 0 atom stereocenters. The molecule has 0 rings (SSSR count). The van der Waals surface area contributed by atoms with Crippen molar-refractivity contribution in [3.8, 4) is 0 Å². The van der Waals surface area contributed by atoms with Crippen molar-refractivity contribution >= 4 is 5.78 Å². The lowest BCUT2D eigenvalue weighted by atomic mass is 10.2. The van der Waals surface area contributed by atoms with E-state index < -0.39 is 0 Å². The van der Waals surface area contributed by atoms with Crippen LogP contribution in [0.2, 0.25) is 0 Å². The first-order valence-electron chi connectivity index (χ1n) is 5.98. The molecule has 0 heterocycles. The number of hydrogen-bond acceptors (Lipinski definition) is 3. The van der Waals surface area contributed by atoms with Gasteiger partial charge in [-0.1, -0.05) is 13.8 Å². The van der Waals surface area contributed by atoms with Gasteiger partial charge in [0.1, 0.15) is 5.78 Å². The average molecular weight is 214 g/mol. The van der Waals surface area contributed by atoms with Crippen LogP contribution in [-0.4, -0.2) is 55.9 Å².